The van der Waals surface area contributed by atoms with Gasteiger partial charge in [-0.1, -0.05) is 0 Å². The molecule has 51 valence electrons. The molecule has 1 fully saturated rings. The average Bonchev–Trinajstić information content (AvgIpc) is 1.79. The van der Waals surface area contributed by atoms with Crippen molar-refractivity contribution in [3.63, 3.8) is 0 Å². The van der Waals surface area contributed by atoms with Crippen molar-refractivity contribution in [2.75, 3.05) is 0 Å². The van der Waals surface area contributed by atoms with Crippen LogP contribution in [0.3, 0.4) is 0 Å². The van der Waals surface area contributed by atoms with Gasteiger partial charge in [0.15, 0.2) is 0 Å². The second-order valence-corrected chi connectivity index (χ2v) is 4.58. The van der Waals surface area contributed by atoms with E-state index in [0.29, 0.717) is 6.42 Å². The summed E-state index contributed by atoms with van der Waals surface area (Å²) < 4.78 is 4.83. The third-order valence-corrected chi connectivity index (χ3v) is 2.66. The molecule has 0 aromatic rings. The summed E-state index contributed by atoms with van der Waals surface area (Å²) in [5.41, 5.74) is 0. The van der Waals surface area contributed by atoms with E-state index in [1.807, 2.05) is 13.8 Å². The van der Waals surface area contributed by atoms with Gasteiger partial charge in [0.1, 0.15) is 0 Å². The van der Waals surface area contributed by atoms with E-state index in [9.17, 15) is 4.79 Å². The molecule has 1 saturated heterocycles. The average molecular weight is 192 g/mol. The second-order valence-electron chi connectivity index (χ2n) is 2.62. The van der Waals surface area contributed by atoms with Crippen molar-refractivity contribution in [3.8, 4) is 0 Å². The van der Waals surface area contributed by atoms with Crippen LogP contribution in [0, 0.1) is 0 Å². The zero-order valence-electron chi connectivity index (χ0n) is 5.51. The van der Waals surface area contributed by atoms with E-state index in [2.05, 4.69) is 16.0 Å². The minimum absolute atomic E-state index is 0.0324. The predicted octanol–water partition coefficient (Wildman–Crippen LogP) is 0.669. The minimum atomic E-state index is -0.0937. The molecule has 0 amide bonds. The molecule has 3 heteroatoms. The summed E-state index contributed by atoms with van der Waals surface area (Å²) in [6.07, 6.45) is 0.541. The van der Waals surface area contributed by atoms with Crippen LogP contribution in [-0.4, -0.2) is 28.1 Å². The van der Waals surface area contributed by atoms with Gasteiger partial charge in [0.05, 0.1) is 0 Å². The summed E-state index contributed by atoms with van der Waals surface area (Å²) >= 11 is 2.95. The van der Waals surface area contributed by atoms with Crippen LogP contribution in [0.2, 0.25) is 4.31 Å². The number of hydrogen-bond acceptors (Lipinski definition) is 2. The van der Waals surface area contributed by atoms with Crippen molar-refractivity contribution in [1.82, 2.24) is 0 Å². The number of ether oxygens (including phenoxy) is 1. The van der Waals surface area contributed by atoms with Gasteiger partial charge in [-0.2, -0.15) is 0 Å². The third-order valence-electron chi connectivity index (χ3n) is 1.66. The first-order chi connectivity index (χ1) is 4.02. The molecule has 2 unspecified atom stereocenters. The van der Waals surface area contributed by atoms with Crippen molar-refractivity contribution < 1.29 is 9.53 Å². The van der Waals surface area contributed by atoms with Gasteiger partial charge in [0.2, 0.25) is 0 Å². The van der Waals surface area contributed by atoms with Crippen LogP contribution in [0.1, 0.15) is 20.3 Å². The molecule has 0 spiro atoms. The summed E-state index contributed by atoms with van der Waals surface area (Å²) in [5, 5.41) is 0. The van der Waals surface area contributed by atoms with Crippen molar-refractivity contribution in [1.29, 1.82) is 0 Å². The molecule has 1 rings (SSSR count). The Bertz CT molecular complexity index is 142. The molecule has 0 aromatic heterocycles. The van der Waals surface area contributed by atoms with Gasteiger partial charge < -0.3 is 0 Å². The Morgan fingerprint density at radius 1 is 1.89 bits per heavy atom. The van der Waals surface area contributed by atoms with Crippen LogP contribution in [-0.2, 0) is 9.53 Å². The zero-order valence-corrected chi connectivity index (χ0v) is 7.22. The Kier molecular flexibility index (Phi) is 1.57. The molecule has 1 heterocycles. The molecular weight excluding hydrogens is 183 g/mol. The van der Waals surface area contributed by atoms with Gasteiger partial charge in [-0.25, -0.2) is 0 Å². The number of rotatable bonds is 0. The molecule has 2 nitrogen and oxygen atoms in total. The van der Waals surface area contributed by atoms with E-state index < -0.39 is 0 Å². The molecule has 0 saturated carbocycles. The number of esters is 1. The first-order valence-corrected chi connectivity index (χ1v) is 3.78. The molecule has 1 aliphatic heterocycles. The summed E-state index contributed by atoms with van der Waals surface area (Å²) in [6, 6.07) is 0. The Labute approximate surface area is 62.8 Å². The Balaban J connectivity index is 2.69. The maximum atomic E-state index is 10.6. The fourth-order valence-electron chi connectivity index (χ4n) is 0.794. The summed E-state index contributed by atoms with van der Waals surface area (Å²) in [6.45, 7) is 3.89. The van der Waals surface area contributed by atoms with Crippen LogP contribution in [0.15, 0.2) is 0 Å². The van der Waals surface area contributed by atoms with Crippen LogP contribution < -0.4 is 0 Å². The molecule has 0 bridgehead atoms. The second kappa shape index (κ2) is 1.99. The summed E-state index contributed by atoms with van der Waals surface area (Å²) in [5.74, 6) is -0.0937. The van der Waals surface area contributed by atoms with Gasteiger partial charge in [-0.15, -0.1) is 0 Å². The van der Waals surface area contributed by atoms with Gasteiger partial charge in [0.25, 0.3) is 0 Å². The molecule has 2 atom stereocenters. The van der Waals surface area contributed by atoms with E-state index in [0.717, 1.165) is 0 Å². The molecule has 1 radical (unpaired) electrons. The van der Waals surface area contributed by atoms with E-state index in [1.165, 1.54) is 0 Å². The van der Waals surface area contributed by atoms with Crippen molar-refractivity contribution in [2.24, 2.45) is 0 Å². The molecule has 0 aromatic carbocycles. The van der Waals surface area contributed by atoms with E-state index in [1.54, 1.807) is 0 Å². The molecule has 1 aliphatic rings. The first kappa shape index (κ1) is 7.10. The fourth-order valence-corrected chi connectivity index (χ4v) is 1.14. The number of carbonyl (C=O) groups is 1. The third kappa shape index (κ3) is 1.28. The number of cyclic esters (lactones) is 1. The standard InChI is InChI=1S/C6H9O2Se/c1-4-6(2,9)3-5(7)8-4/h4H,3H2,1-2H3. The molecule has 0 aliphatic carbocycles. The molecular formula is C6H9O2Se. The van der Waals surface area contributed by atoms with E-state index in [4.69, 9.17) is 4.74 Å². The van der Waals surface area contributed by atoms with Gasteiger partial charge in [-0.05, 0) is 0 Å². The van der Waals surface area contributed by atoms with E-state index >= 15 is 0 Å². The summed E-state index contributed by atoms with van der Waals surface area (Å²) in [7, 11) is 0. The monoisotopic (exact) mass is 193 g/mol. The fraction of sp³-hybridized carbons (Fsp3) is 0.833. The number of hydrogen-bond donors (Lipinski definition) is 0. The SMILES string of the molecule is CC1OC(=O)CC1(C)[Se]. The van der Waals surface area contributed by atoms with Gasteiger partial charge >= 0.3 is 62.2 Å². The van der Waals surface area contributed by atoms with Crippen LogP contribution in [0.5, 0.6) is 0 Å². The normalized spacial score (nSPS) is 43.0. The summed E-state index contributed by atoms with van der Waals surface area (Å²) in [4.78, 5) is 10.6. The number of carbonyl (C=O) groups excluding carboxylic acids is 1. The van der Waals surface area contributed by atoms with Crippen molar-refractivity contribution >= 4 is 22.0 Å². The first-order valence-electron chi connectivity index (χ1n) is 2.92. The zero-order chi connectivity index (χ0) is 7.07. The topological polar surface area (TPSA) is 26.3 Å². The van der Waals surface area contributed by atoms with Gasteiger partial charge in [-0.3, -0.25) is 0 Å². The Morgan fingerprint density at radius 3 is 2.56 bits per heavy atom. The molecule has 9 heavy (non-hydrogen) atoms. The van der Waals surface area contributed by atoms with Crippen LogP contribution in [0.4, 0.5) is 0 Å². The van der Waals surface area contributed by atoms with Crippen LogP contribution >= 0.6 is 0 Å². The Hall–Kier alpha value is -0.0105. The van der Waals surface area contributed by atoms with Gasteiger partial charge in [0, 0.05) is 0 Å². The predicted molar refractivity (Wildman–Crippen MR) is 34.3 cm³/mol. The van der Waals surface area contributed by atoms with Crippen molar-refractivity contribution in [2.45, 2.75) is 30.7 Å². The van der Waals surface area contributed by atoms with Crippen LogP contribution in [0.25, 0.3) is 0 Å². The van der Waals surface area contributed by atoms with Crippen molar-refractivity contribution in [3.05, 3.63) is 0 Å². The quantitative estimate of drug-likeness (QED) is 0.416. The maximum absolute atomic E-state index is 10.6. The van der Waals surface area contributed by atoms with E-state index in [-0.39, 0.29) is 16.4 Å². The Morgan fingerprint density at radius 2 is 2.44 bits per heavy atom. The molecule has 0 N–H and O–H groups in total.